The van der Waals surface area contributed by atoms with E-state index in [0.717, 1.165) is 25.2 Å². The first-order valence-electron chi connectivity index (χ1n) is 5.28. The van der Waals surface area contributed by atoms with Gasteiger partial charge >= 0.3 is 0 Å². The highest BCUT2D eigenvalue weighted by Gasteiger charge is 2.34. The fourth-order valence-electron chi connectivity index (χ4n) is 2.26. The Morgan fingerprint density at radius 3 is 2.20 bits per heavy atom. The van der Waals surface area contributed by atoms with Crippen LogP contribution >= 0.6 is 0 Å². The summed E-state index contributed by atoms with van der Waals surface area (Å²) >= 11 is 0. The first kappa shape index (κ1) is 10.6. The van der Waals surface area contributed by atoms with Gasteiger partial charge in [0.1, 0.15) is 12.2 Å². The average Bonchev–Trinajstić information content (AvgIpc) is 2.82. The van der Waals surface area contributed by atoms with Gasteiger partial charge in [0.15, 0.2) is 5.78 Å². The summed E-state index contributed by atoms with van der Waals surface area (Å²) < 4.78 is 10.7. The summed E-state index contributed by atoms with van der Waals surface area (Å²) in [5, 5.41) is 0. The molecule has 0 aromatic rings. The second-order valence-electron chi connectivity index (χ2n) is 4.06. The van der Waals surface area contributed by atoms with Crippen LogP contribution in [-0.2, 0) is 14.3 Å². The van der Waals surface area contributed by atoms with Gasteiger partial charge in [0, 0.05) is 45.5 Å². The molecule has 0 radical (unpaired) electrons. The number of ketones is 1. The molecule has 0 aromatic carbocycles. The topological polar surface area (TPSA) is 38.8 Å². The summed E-state index contributed by atoms with van der Waals surface area (Å²) in [5.41, 5.74) is 1.14. The van der Waals surface area contributed by atoms with Crippen LogP contribution < -0.4 is 0 Å². The van der Waals surface area contributed by atoms with Gasteiger partial charge in [-0.1, -0.05) is 0 Å². The van der Waals surface area contributed by atoms with Crippen LogP contribution in [0.15, 0.2) is 11.8 Å². The van der Waals surface area contributed by atoms with Crippen LogP contribution in [0.25, 0.3) is 0 Å². The van der Waals surface area contributed by atoms with Crippen LogP contribution in [0.1, 0.15) is 12.8 Å². The van der Waals surface area contributed by atoms with E-state index in [0.29, 0.717) is 6.42 Å². The first-order chi connectivity index (χ1) is 7.24. The molecule has 0 bridgehead atoms. The molecule has 0 aromatic heterocycles. The first-order valence-corrected chi connectivity index (χ1v) is 5.28. The summed E-state index contributed by atoms with van der Waals surface area (Å²) in [4.78, 5) is 13.3. The number of nitrogens with zero attached hydrogens (tertiary/aromatic N) is 1. The predicted molar refractivity (Wildman–Crippen MR) is 55.5 cm³/mol. The minimum atomic E-state index is 0.117. The Kier molecular flexibility index (Phi) is 3.07. The molecule has 4 nitrogen and oxygen atoms in total. The minimum Gasteiger partial charge on any atom is -0.377 e. The lowest BCUT2D eigenvalue weighted by Gasteiger charge is -2.18. The predicted octanol–water partition coefficient (Wildman–Crippen LogP) is 0.579. The van der Waals surface area contributed by atoms with Crippen molar-refractivity contribution in [3.63, 3.8) is 0 Å². The van der Waals surface area contributed by atoms with Gasteiger partial charge in [-0.2, -0.15) is 0 Å². The number of carbonyl (C=O) groups excluding carboxylic acids is 1. The zero-order chi connectivity index (χ0) is 10.8. The number of allylic oxidation sites excluding steroid dienone is 2. The van der Waals surface area contributed by atoms with Crippen molar-refractivity contribution < 1.29 is 14.3 Å². The van der Waals surface area contributed by atoms with Crippen molar-refractivity contribution in [1.82, 2.24) is 4.90 Å². The van der Waals surface area contributed by atoms with Gasteiger partial charge in [-0.3, -0.25) is 4.79 Å². The fourth-order valence-corrected chi connectivity index (χ4v) is 2.26. The van der Waals surface area contributed by atoms with Crippen molar-refractivity contribution in [3.05, 3.63) is 11.8 Å². The molecule has 0 N–H and O–H groups in total. The van der Waals surface area contributed by atoms with Crippen molar-refractivity contribution >= 4 is 5.78 Å². The Bertz CT molecular complexity index is 276. The quantitative estimate of drug-likeness (QED) is 0.684. The van der Waals surface area contributed by atoms with E-state index in [1.54, 1.807) is 20.3 Å². The molecule has 2 aliphatic rings. The standard InChI is InChI=1S/C11H17NO3/c1-14-10-6-12(7-11(10)15-2)8-3-4-9(13)5-8/h5,10-11H,3-4,6-7H2,1-2H3. The van der Waals surface area contributed by atoms with Crippen LogP contribution in [-0.4, -0.2) is 50.2 Å². The SMILES string of the molecule is COC1CN(C2=CC(=O)CC2)CC1OC. The second-order valence-corrected chi connectivity index (χ2v) is 4.06. The van der Waals surface area contributed by atoms with Gasteiger partial charge in [-0.15, -0.1) is 0 Å². The number of carbonyl (C=O) groups is 1. The molecule has 15 heavy (non-hydrogen) atoms. The van der Waals surface area contributed by atoms with Crippen LogP contribution in [0.3, 0.4) is 0 Å². The molecule has 2 atom stereocenters. The summed E-state index contributed by atoms with van der Waals surface area (Å²) in [6, 6.07) is 0. The molecule has 1 aliphatic heterocycles. The summed E-state index contributed by atoms with van der Waals surface area (Å²) in [7, 11) is 3.41. The van der Waals surface area contributed by atoms with Crippen LogP contribution in [0, 0.1) is 0 Å². The van der Waals surface area contributed by atoms with E-state index in [4.69, 9.17) is 9.47 Å². The van der Waals surface area contributed by atoms with Gasteiger partial charge in [0.25, 0.3) is 0 Å². The number of hydrogen-bond acceptors (Lipinski definition) is 4. The normalized spacial score (nSPS) is 31.2. The number of methoxy groups -OCH3 is 2. The highest BCUT2D eigenvalue weighted by atomic mass is 16.5. The minimum absolute atomic E-state index is 0.117. The van der Waals surface area contributed by atoms with Crippen molar-refractivity contribution in [2.24, 2.45) is 0 Å². The highest BCUT2D eigenvalue weighted by Crippen LogP contribution is 2.25. The number of ether oxygens (including phenoxy) is 2. The average molecular weight is 211 g/mol. The maximum Gasteiger partial charge on any atom is 0.157 e. The van der Waals surface area contributed by atoms with E-state index in [1.165, 1.54) is 0 Å². The Morgan fingerprint density at radius 2 is 1.80 bits per heavy atom. The van der Waals surface area contributed by atoms with Gasteiger partial charge in [-0.25, -0.2) is 0 Å². The van der Waals surface area contributed by atoms with Crippen LogP contribution in [0.4, 0.5) is 0 Å². The van der Waals surface area contributed by atoms with Gasteiger partial charge in [0.05, 0.1) is 0 Å². The molecule has 1 fully saturated rings. The largest absolute Gasteiger partial charge is 0.377 e. The molecule has 0 saturated carbocycles. The lowest BCUT2D eigenvalue weighted by molar-refractivity contribution is -0.114. The Morgan fingerprint density at radius 1 is 1.20 bits per heavy atom. The van der Waals surface area contributed by atoms with Crippen molar-refractivity contribution in [2.45, 2.75) is 25.0 Å². The van der Waals surface area contributed by atoms with Gasteiger partial charge < -0.3 is 14.4 Å². The lowest BCUT2D eigenvalue weighted by Crippen LogP contribution is -2.27. The highest BCUT2D eigenvalue weighted by molar-refractivity contribution is 5.92. The third-order valence-electron chi connectivity index (χ3n) is 3.18. The molecule has 84 valence electrons. The van der Waals surface area contributed by atoms with E-state index >= 15 is 0 Å². The molecule has 1 heterocycles. The number of likely N-dealkylation sites (tertiary alicyclic amines) is 1. The second kappa shape index (κ2) is 4.33. The van der Waals surface area contributed by atoms with Gasteiger partial charge in [-0.05, 0) is 6.42 Å². The summed E-state index contributed by atoms with van der Waals surface area (Å²) in [6.07, 6.45) is 3.51. The smallest absolute Gasteiger partial charge is 0.157 e. The lowest BCUT2D eigenvalue weighted by atomic mass is 10.3. The van der Waals surface area contributed by atoms with Crippen LogP contribution in [0.2, 0.25) is 0 Å². The molecule has 2 unspecified atom stereocenters. The molecule has 2 rings (SSSR count). The van der Waals surface area contributed by atoms with Crippen molar-refractivity contribution in [1.29, 1.82) is 0 Å². The van der Waals surface area contributed by atoms with Gasteiger partial charge in [0.2, 0.25) is 0 Å². The molecular formula is C11H17NO3. The van der Waals surface area contributed by atoms with Crippen LogP contribution in [0.5, 0.6) is 0 Å². The Hall–Kier alpha value is -0.870. The third kappa shape index (κ3) is 2.06. The van der Waals surface area contributed by atoms with E-state index in [-0.39, 0.29) is 18.0 Å². The molecule has 0 spiro atoms. The van der Waals surface area contributed by atoms with E-state index < -0.39 is 0 Å². The third-order valence-corrected chi connectivity index (χ3v) is 3.18. The number of rotatable bonds is 3. The zero-order valence-electron chi connectivity index (χ0n) is 9.23. The summed E-state index contributed by atoms with van der Waals surface area (Å²) in [6.45, 7) is 1.66. The van der Waals surface area contributed by atoms with E-state index in [9.17, 15) is 4.79 Å². The molecule has 1 aliphatic carbocycles. The van der Waals surface area contributed by atoms with E-state index in [2.05, 4.69) is 4.90 Å². The maximum absolute atomic E-state index is 11.1. The van der Waals surface area contributed by atoms with E-state index in [1.807, 2.05) is 0 Å². The molecule has 4 heteroatoms. The number of hydrogen-bond donors (Lipinski definition) is 0. The Balaban J connectivity index is 2.02. The van der Waals surface area contributed by atoms with Crippen molar-refractivity contribution in [2.75, 3.05) is 27.3 Å². The van der Waals surface area contributed by atoms with Crippen molar-refractivity contribution in [3.8, 4) is 0 Å². The maximum atomic E-state index is 11.1. The molecule has 1 saturated heterocycles. The zero-order valence-corrected chi connectivity index (χ0v) is 9.23. The fraction of sp³-hybridized carbons (Fsp3) is 0.727. The summed E-state index contributed by atoms with van der Waals surface area (Å²) in [5.74, 6) is 0.236. The molecule has 0 amide bonds. The monoisotopic (exact) mass is 211 g/mol. The Labute approximate surface area is 89.8 Å². The molecular weight excluding hydrogens is 194 g/mol.